The molecule has 0 aliphatic carbocycles. The summed E-state index contributed by atoms with van der Waals surface area (Å²) in [7, 11) is 0. The molecule has 10 heteroatoms. The molecule has 1 aromatic rings. The Labute approximate surface area is 185 Å². The summed E-state index contributed by atoms with van der Waals surface area (Å²) in [5.74, 6) is -0.258. The van der Waals surface area contributed by atoms with Crippen molar-refractivity contribution >= 4 is 46.7 Å². The highest BCUT2D eigenvalue weighted by Gasteiger charge is 2.34. The Kier molecular flexibility index (Phi) is 7.44. The standard InChI is InChI=1S/C20H26Cl2N4O4/c1-13-19(29)24(8-6-18(28)25-7-2-3-15(27)12-25)9-10-26(13)20(30)23-14-4-5-16(21)17(22)11-14/h4-5,11,13,15,27H,2-3,6-10,12H2,1H3,(H,23,30)/t13-,15+/m0/s1. The van der Waals surface area contributed by atoms with Crippen LogP contribution in [0, 0.1) is 0 Å². The number of hydrogen-bond acceptors (Lipinski definition) is 4. The molecule has 0 radical (unpaired) electrons. The molecule has 0 aromatic heterocycles. The predicted molar refractivity (Wildman–Crippen MR) is 115 cm³/mol. The van der Waals surface area contributed by atoms with Crippen molar-refractivity contribution in [2.45, 2.75) is 38.3 Å². The zero-order valence-electron chi connectivity index (χ0n) is 16.8. The number of nitrogens with one attached hydrogen (secondary N) is 1. The van der Waals surface area contributed by atoms with Crippen LogP contribution in [0.5, 0.6) is 0 Å². The number of carbonyl (C=O) groups is 3. The van der Waals surface area contributed by atoms with E-state index in [4.69, 9.17) is 23.2 Å². The average molecular weight is 457 g/mol. The number of piperidine rings is 1. The Morgan fingerprint density at radius 1 is 1.20 bits per heavy atom. The molecule has 0 saturated carbocycles. The molecule has 0 unspecified atom stereocenters. The molecular formula is C20H26Cl2N4O4. The molecule has 2 aliphatic heterocycles. The Morgan fingerprint density at radius 3 is 2.67 bits per heavy atom. The highest BCUT2D eigenvalue weighted by molar-refractivity contribution is 6.42. The van der Waals surface area contributed by atoms with Gasteiger partial charge in [-0.1, -0.05) is 23.2 Å². The first-order chi connectivity index (χ1) is 14.3. The van der Waals surface area contributed by atoms with Crippen LogP contribution in [0.15, 0.2) is 18.2 Å². The third-order valence-corrected chi connectivity index (χ3v) is 6.26. The van der Waals surface area contributed by atoms with Gasteiger partial charge in [-0.2, -0.15) is 0 Å². The maximum atomic E-state index is 12.7. The van der Waals surface area contributed by atoms with Crippen LogP contribution >= 0.6 is 23.2 Å². The number of likely N-dealkylation sites (tertiary alicyclic amines) is 1. The van der Waals surface area contributed by atoms with Gasteiger partial charge in [0.15, 0.2) is 0 Å². The van der Waals surface area contributed by atoms with Gasteiger partial charge >= 0.3 is 6.03 Å². The largest absolute Gasteiger partial charge is 0.391 e. The number of carbonyl (C=O) groups excluding carboxylic acids is 3. The first kappa shape index (κ1) is 22.7. The molecule has 2 aliphatic rings. The molecule has 2 heterocycles. The van der Waals surface area contributed by atoms with Crippen molar-refractivity contribution < 1.29 is 19.5 Å². The van der Waals surface area contributed by atoms with Crippen LogP contribution in [0.25, 0.3) is 0 Å². The van der Waals surface area contributed by atoms with E-state index in [9.17, 15) is 19.5 Å². The number of amides is 4. The predicted octanol–water partition coefficient (Wildman–Crippen LogP) is 2.43. The lowest BCUT2D eigenvalue weighted by atomic mass is 10.1. The molecule has 0 spiro atoms. The second-order valence-electron chi connectivity index (χ2n) is 7.64. The van der Waals surface area contributed by atoms with Crippen LogP contribution in [0.2, 0.25) is 10.0 Å². The number of aliphatic hydroxyl groups is 1. The third-order valence-electron chi connectivity index (χ3n) is 5.52. The van der Waals surface area contributed by atoms with Crippen LogP contribution in [0.3, 0.4) is 0 Å². The van der Waals surface area contributed by atoms with Crippen molar-refractivity contribution in [3.8, 4) is 0 Å². The van der Waals surface area contributed by atoms with E-state index in [0.717, 1.165) is 6.42 Å². The Morgan fingerprint density at radius 2 is 1.97 bits per heavy atom. The fraction of sp³-hybridized carbons (Fsp3) is 0.550. The number of urea groups is 1. The normalized spacial score (nSPS) is 22.3. The first-order valence-electron chi connectivity index (χ1n) is 10.0. The van der Waals surface area contributed by atoms with E-state index < -0.39 is 18.2 Å². The van der Waals surface area contributed by atoms with Gasteiger partial charge in [-0.05, 0) is 38.0 Å². The summed E-state index contributed by atoms with van der Waals surface area (Å²) in [6.45, 7) is 3.68. The second-order valence-corrected chi connectivity index (χ2v) is 8.45. The van der Waals surface area contributed by atoms with E-state index in [-0.39, 0.29) is 18.2 Å². The summed E-state index contributed by atoms with van der Waals surface area (Å²) in [5.41, 5.74) is 0.491. The summed E-state index contributed by atoms with van der Waals surface area (Å²) in [4.78, 5) is 42.5. The van der Waals surface area contributed by atoms with Crippen LogP contribution in [-0.4, -0.2) is 82.5 Å². The lowest BCUT2D eigenvalue weighted by Gasteiger charge is -2.39. The maximum absolute atomic E-state index is 12.7. The number of benzene rings is 1. The monoisotopic (exact) mass is 456 g/mol. The maximum Gasteiger partial charge on any atom is 0.322 e. The van der Waals surface area contributed by atoms with Crippen LogP contribution in [0.4, 0.5) is 10.5 Å². The molecule has 4 amide bonds. The third kappa shape index (κ3) is 5.36. The molecule has 2 saturated heterocycles. The topological polar surface area (TPSA) is 93.2 Å². The summed E-state index contributed by atoms with van der Waals surface area (Å²) < 4.78 is 0. The number of anilines is 1. The number of piperazine rings is 1. The summed E-state index contributed by atoms with van der Waals surface area (Å²) >= 11 is 11.9. The minimum Gasteiger partial charge on any atom is -0.391 e. The van der Waals surface area contributed by atoms with Crippen molar-refractivity contribution in [3.05, 3.63) is 28.2 Å². The second kappa shape index (κ2) is 9.85. The van der Waals surface area contributed by atoms with Crippen molar-refractivity contribution in [1.82, 2.24) is 14.7 Å². The van der Waals surface area contributed by atoms with Gasteiger partial charge in [0, 0.05) is 44.8 Å². The number of halogens is 2. The van der Waals surface area contributed by atoms with E-state index in [2.05, 4.69) is 5.32 Å². The molecule has 2 N–H and O–H groups in total. The van der Waals surface area contributed by atoms with Gasteiger partial charge in [0.05, 0.1) is 16.1 Å². The summed E-state index contributed by atoms with van der Waals surface area (Å²) in [5, 5.41) is 13.2. The van der Waals surface area contributed by atoms with Gasteiger partial charge in [-0.3, -0.25) is 9.59 Å². The van der Waals surface area contributed by atoms with Crippen LogP contribution in [0.1, 0.15) is 26.2 Å². The van der Waals surface area contributed by atoms with E-state index in [1.54, 1.807) is 34.9 Å². The summed E-state index contributed by atoms with van der Waals surface area (Å²) in [6.07, 6.45) is 1.24. The zero-order chi connectivity index (χ0) is 21.8. The van der Waals surface area contributed by atoms with E-state index in [0.29, 0.717) is 54.9 Å². The fourth-order valence-corrected chi connectivity index (χ4v) is 4.07. The lowest BCUT2D eigenvalue weighted by molar-refractivity contribution is -0.141. The van der Waals surface area contributed by atoms with Crippen molar-refractivity contribution in [2.75, 3.05) is 38.0 Å². The van der Waals surface area contributed by atoms with Crippen molar-refractivity contribution in [2.24, 2.45) is 0 Å². The molecule has 2 atom stereocenters. The minimum absolute atomic E-state index is 0.0611. The van der Waals surface area contributed by atoms with Crippen molar-refractivity contribution in [3.63, 3.8) is 0 Å². The van der Waals surface area contributed by atoms with Crippen LogP contribution < -0.4 is 5.32 Å². The Bertz CT molecular complexity index is 822. The lowest BCUT2D eigenvalue weighted by Crippen LogP contribution is -2.58. The SMILES string of the molecule is C[C@H]1C(=O)N(CCC(=O)N2CCC[C@@H](O)C2)CCN1C(=O)Nc1ccc(Cl)c(Cl)c1. The number of rotatable bonds is 4. The highest BCUT2D eigenvalue weighted by Crippen LogP contribution is 2.25. The Balaban J connectivity index is 1.52. The molecule has 30 heavy (non-hydrogen) atoms. The minimum atomic E-state index is -0.645. The molecule has 164 valence electrons. The van der Waals surface area contributed by atoms with E-state index >= 15 is 0 Å². The number of hydrogen-bond donors (Lipinski definition) is 2. The van der Waals surface area contributed by atoms with Gasteiger partial charge in [-0.25, -0.2) is 4.79 Å². The van der Waals surface area contributed by atoms with E-state index in [1.165, 1.54) is 4.90 Å². The molecule has 1 aromatic carbocycles. The molecule has 3 rings (SSSR count). The van der Waals surface area contributed by atoms with Gasteiger partial charge in [0.25, 0.3) is 0 Å². The number of aliphatic hydroxyl groups excluding tert-OH is 1. The van der Waals surface area contributed by atoms with Gasteiger partial charge in [-0.15, -0.1) is 0 Å². The number of β-amino-alcohol motifs (C(OH)–C–C–N with tert-alkyl or cyclic N) is 1. The zero-order valence-corrected chi connectivity index (χ0v) is 18.3. The molecule has 2 fully saturated rings. The van der Waals surface area contributed by atoms with Gasteiger partial charge in [0.1, 0.15) is 6.04 Å². The summed E-state index contributed by atoms with van der Waals surface area (Å²) in [6, 6.07) is 3.73. The Hall–Kier alpha value is -2.03. The average Bonchev–Trinajstić information content (AvgIpc) is 2.71. The molecule has 8 nitrogen and oxygen atoms in total. The van der Waals surface area contributed by atoms with E-state index in [1.807, 2.05) is 0 Å². The van der Waals surface area contributed by atoms with Crippen molar-refractivity contribution in [1.29, 1.82) is 0 Å². The quantitative estimate of drug-likeness (QED) is 0.727. The first-order valence-corrected chi connectivity index (χ1v) is 10.8. The molecule has 0 bridgehead atoms. The van der Waals surface area contributed by atoms with Gasteiger partial charge in [0.2, 0.25) is 11.8 Å². The highest BCUT2D eigenvalue weighted by atomic mass is 35.5. The van der Waals surface area contributed by atoms with Crippen LogP contribution in [-0.2, 0) is 9.59 Å². The van der Waals surface area contributed by atoms with Gasteiger partial charge < -0.3 is 25.1 Å². The molecular weight excluding hydrogens is 431 g/mol. The number of nitrogens with zero attached hydrogens (tertiary/aromatic N) is 3. The smallest absolute Gasteiger partial charge is 0.322 e. The fourth-order valence-electron chi connectivity index (χ4n) is 3.77.